The molecule has 2 aromatic carbocycles. The Balaban J connectivity index is 2.07. The number of benzene rings is 2. The molecule has 0 fully saturated rings. The first-order valence-corrected chi connectivity index (χ1v) is 7.66. The molecule has 120 valence electrons. The van der Waals surface area contributed by atoms with E-state index in [1.807, 2.05) is 30.3 Å². The highest BCUT2D eigenvalue weighted by Gasteiger charge is 2.18. The lowest BCUT2D eigenvalue weighted by atomic mass is 10.2. The topological polar surface area (TPSA) is 40.6 Å². The molecule has 2 aromatic rings. The van der Waals surface area contributed by atoms with Crippen LogP contribution in [-0.2, 0) is 16.1 Å². The third-order valence-corrected chi connectivity index (χ3v) is 3.72. The van der Waals surface area contributed by atoms with E-state index in [2.05, 4.69) is 0 Å². The van der Waals surface area contributed by atoms with Crippen molar-refractivity contribution in [1.82, 2.24) is 4.90 Å². The smallest absolute Gasteiger partial charge is 0.242 e. The number of rotatable bonds is 5. The highest BCUT2D eigenvalue weighted by molar-refractivity contribution is 6.30. The maximum absolute atomic E-state index is 12.4. The predicted octanol–water partition coefficient (Wildman–Crippen LogP) is 3.35. The first-order chi connectivity index (χ1) is 11.0. The van der Waals surface area contributed by atoms with Crippen molar-refractivity contribution in [1.29, 1.82) is 0 Å². The van der Waals surface area contributed by atoms with Crippen molar-refractivity contribution in [2.45, 2.75) is 13.5 Å². The lowest BCUT2D eigenvalue weighted by Crippen LogP contribution is -2.40. The predicted molar refractivity (Wildman–Crippen MR) is 92.4 cm³/mol. The summed E-state index contributed by atoms with van der Waals surface area (Å²) in [6.45, 7) is 1.92. The van der Waals surface area contributed by atoms with Gasteiger partial charge in [0.05, 0.1) is 0 Å². The fourth-order valence-corrected chi connectivity index (χ4v) is 2.41. The average Bonchev–Trinajstić information content (AvgIpc) is 2.53. The van der Waals surface area contributed by atoms with Crippen molar-refractivity contribution in [3.8, 4) is 0 Å². The standard InChI is InChI=1S/C18H19ClN2O2/c1-14(22)21(17-10-6-9-16(19)11-17)13-18(23)20(2)12-15-7-4-3-5-8-15/h3-11H,12-13H2,1-2H3. The summed E-state index contributed by atoms with van der Waals surface area (Å²) >= 11 is 5.97. The van der Waals surface area contributed by atoms with E-state index in [0.29, 0.717) is 17.3 Å². The van der Waals surface area contributed by atoms with Crippen LogP contribution in [0.2, 0.25) is 5.02 Å². The second-order valence-electron chi connectivity index (χ2n) is 5.32. The van der Waals surface area contributed by atoms with Crippen LogP contribution in [0.1, 0.15) is 12.5 Å². The van der Waals surface area contributed by atoms with Crippen LogP contribution in [0.15, 0.2) is 54.6 Å². The Hall–Kier alpha value is -2.33. The minimum atomic E-state index is -0.200. The van der Waals surface area contributed by atoms with Crippen LogP contribution in [0.5, 0.6) is 0 Å². The molecule has 0 aromatic heterocycles. The van der Waals surface area contributed by atoms with Crippen LogP contribution >= 0.6 is 11.6 Å². The van der Waals surface area contributed by atoms with Gasteiger partial charge in [-0.2, -0.15) is 0 Å². The third-order valence-electron chi connectivity index (χ3n) is 3.48. The molecule has 0 bridgehead atoms. The molecule has 0 unspecified atom stereocenters. The summed E-state index contributed by atoms with van der Waals surface area (Å²) < 4.78 is 0. The Morgan fingerprint density at radius 1 is 1.04 bits per heavy atom. The molecule has 0 atom stereocenters. The van der Waals surface area contributed by atoms with Crippen molar-refractivity contribution in [3.05, 3.63) is 65.2 Å². The van der Waals surface area contributed by atoms with Gasteiger partial charge in [-0.15, -0.1) is 0 Å². The average molecular weight is 331 g/mol. The van der Waals surface area contributed by atoms with Gasteiger partial charge in [-0.1, -0.05) is 48.0 Å². The quantitative estimate of drug-likeness (QED) is 0.843. The van der Waals surface area contributed by atoms with Gasteiger partial charge in [0, 0.05) is 31.2 Å². The highest BCUT2D eigenvalue weighted by Crippen LogP contribution is 2.20. The van der Waals surface area contributed by atoms with Gasteiger partial charge in [0.15, 0.2) is 0 Å². The molecule has 0 saturated carbocycles. The van der Waals surface area contributed by atoms with Crippen molar-refractivity contribution in [3.63, 3.8) is 0 Å². The Kier molecular flexibility index (Phi) is 5.77. The van der Waals surface area contributed by atoms with Crippen LogP contribution < -0.4 is 4.90 Å². The maximum atomic E-state index is 12.4. The van der Waals surface area contributed by atoms with E-state index in [1.54, 1.807) is 36.2 Å². The molecule has 0 heterocycles. The molecule has 5 heteroatoms. The normalized spacial score (nSPS) is 10.2. The number of nitrogens with zero attached hydrogens (tertiary/aromatic N) is 2. The van der Waals surface area contributed by atoms with Crippen molar-refractivity contribution >= 4 is 29.1 Å². The van der Waals surface area contributed by atoms with Gasteiger partial charge in [0.25, 0.3) is 0 Å². The van der Waals surface area contributed by atoms with E-state index in [9.17, 15) is 9.59 Å². The van der Waals surface area contributed by atoms with Gasteiger partial charge in [0.1, 0.15) is 6.54 Å². The zero-order chi connectivity index (χ0) is 16.8. The van der Waals surface area contributed by atoms with Crippen LogP contribution in [-0.4, -0.2) is 30.3 Å². The summed E-state index contributed by atoms with van der Waals surface area (Å²) in [4.78, 5) is 27.3. The van der Waals surface area contributed by atoms with Gasteiger partial charge in [-0.25, -0.2) is 0 Å². The van der Waals surface area contributed by atoms with Gasteiger partial charge in [0.2, 0.25) is 11.8 Å². The molecule has 0 aliphatic heterocycles. The van der Waals surface area contributed by atoms with Crippen LogP contribution in [0.4, 0.5) is 5.69 Å². The number of carbonyl (C=O) groups is 2. The summed E-state index contributed by atoms with van der Waals surface area (Å²) in [6.07, 6.45) is 0. The Morgan fingerprint density at radius 2 is 1.74 bits per heavy atom. The fourth-order valence-electron chi connectivity index (χ4n) is 2.23. The van der Waals surface area contributed by atoms with Gasteiger partial charge in [-0.3, -0.25) is 9.59 Å². The van der Waals surface area contributed by atoms with E-state index >= 15 is 0 Å². The molecule has 0 spiro atoms. The molecular formula is C18H19ClN2O2. The Labute approximate surface area is 141 Å². The van der Waals surface area contributed by atoms with E-state index in [0.717, 1.165) is 5.56 Å². The minimum Gasteiger partial charge on any atom is -0.340 e. The highest BCUT2D eigenvalue weighted by atomic mass is 35.5. The van der Waals surface area contributed by atoms with Crippen LogP contribution in [0, 0.1) is 0 Å². The van der Waals surface area contributed by atoms with E-state index < -0.39 is 0 Å². The summed E-state index contributed by atoms with van der Waals surface area (Å²) in [7, 11) is 1.73. The molecule has 2 amide bonds. The third kappa shape index (κ3) is 4.83. The maximum Gasteiger partial charge on any atom is 0.242 e. The summed E-state index contributed by atoms with van der Waals surface area (Å²) in [6, 6.07) is 16.6. The second-order valence-corrected chi connectivity index (χ2v) is 5.76. The molecule has 0 aliphatic carbocycles. The first kappa shape index (κ1) is 17.0. The summed E-state index contributed by atoms with van der Waals surface area (Å²) in [5.41, 5.74) is 1.66. The Morgan fingerprint density at radius 3 is 2.35 bits per heavy atom. The molecule has 0 aliphatic rings. The number of hydrogen-bond donors (Lipinski definition) is 0. The minimum absolute atomic E-state index is 0.0149. The summed E-state index contributed by atoms with van der Waals surface area (Å²) in [5.74, 6) is -0.335. The second kappa shape index (κ2) is 7.79. The van der Waals surface area contributed by atoms with Crippen molar-refractivity contribution in [2.75, 3.05) is 18.5 Å². The molecule has 4 nitrogen and oxygen atoms in total. The zero-order valence-corrected chi connectivity index (χ0v) is 14.0. The zero-order valence-electron chi connectivity index (χ0n) is 13.2. The fraction of sp³-hybridized carbons (Fsp3) is 0.222. The molecule has 0 saturated heterocycles. The number of halogens is 1. The molecule has 2 rings (SSSR count). The largest absolute Gasteiger partial charge is 0.340 e. The number of hydrogen-bond acceptors (Lipinski definition) is 2. The lowest BCUT2D eigenvalue weighted by molar-refractivity contribution is -0.130. The van der Waals surface area contributed by atoms with Gasteiger partial charge < -0.3 is 9.80 Å². The van der Waals surface area contributed by atoms with Crippen molar-refractivity contribution in [2.24, 2.45) is 0 Å². The van der Waals surface area contributed by atoms with Gasteiger partial charge in [-0.05, 0) is 23.8 Å². The Bertz CT molecular complexity index is 688. The monoisotopic (exact) mass is 330 g/mol. The number of carbonyl (C=O) groups excluding carboxylic acids is 2. The number of amides is 2. The van der Waals surface area contributed by atoms with E-state index in [1.165, 1.54) is 11.8 Å². The van der Waals surface area contributed by atoms with E-state index in [4.69, 9.17) is 11.6 Å². The van der Waals surface area contributed by atoms with Crippen LogP contribution in [0.3, 0.4) is 0 Å². The van der Waals surface area contributed by atoms with Crippen molar-refractivity contribution < 1.29 is 9.59 Å². The molecule has 0 N–H and O–H groups in total. The molecule has 23 heavy (non-hydrogen) atoms. The molecular weight excluding hydrogens is 312 g/mol. The SMILES string of the molecule is CC(=O)N(CC(=O)N(C)Cc1ccccc1)c1cccc(Cl)c1. The van der Waals surface area contributed by atoms with E-state index in [-0.39, 0.29) is 18.4 Å². The van der Waals surface area contributed by atoms with Gasteiger partial charge >= 0.3 is 0 Å². The lowest BCUT2D eigenvalue weighted by Gasteiger charge is -2.24. The number of anilines is 1. The number of likely N-dealkylation sites (N-methyl/N-ethyl adjacent to an activating group) is 1. The summed E-state index contributed by atoms with van der Waals surface area (Å²) in [5, 5.41) is 0.527. The molecule has 0 radical (unpaired) electrons. The van der Waals surface area contributed by atoms with Crippen LogP contribution in [0.25, 0.3) is 0 Å². The first-order valence-electron chi connectivity index (χ1n) is 7.29.